The van der Waals surface area contributed by atoms with Crippen LogP contribution in [-0.2, 0) is 35.7 Å². The summed E-state index contributed by atoms with van der Waals surface area (Å²) in [5.74, 6) is 2.26. The average molecular weight is 620 g/mol. The lowest BCUT2D eigenvalue weighted by Gasteiger charge is -2.42. The molecule has 3 aromatic rings. The van der Waals surface area contributed by atoms with Gasteiger partial charge in [-0.2, -0.15) is 0 Å². The van der Waals surface area contributed by atoms with Crippen molar-refractivity contribution in [1.82, 2.24) is 34.2 Å². The summed E-state index contributed by atoms with van der Waals surface area (Å²) in [5, 5.41) is 0. The molecule has 0 amide bonds. The van der Waals surface area contributed by atoms with Gasteiger partial charge in [0.2, 0.25) is 0 Å². The molecule has 5 rings (SSSR count). The minimum absolute atomic E-state index is 0.0970. The van der Waals surface area contributed by atoms with E-state index in [0.29, 0.717) is 37.4 Å². The number of carbonyl (C=O) groups is 1. The zero-order valence-electron chi connectivity index (χ0n) is 27.6. The Balaban J connectivity index is 1.13. The predicted molar refractivity (Wildman–Crippen MR) is 176 cm³/mol. The molecule has 0 saturated carbocycles. The van der Waals surface area contributed by atoms with E-state index < -0.39 is 0 Å². The van der Waals surface area contributed by atoms with Crippen LogP contribution < -0.4 is 4.74 Å². The Kier molecular flexibility index (Phi) is 12.1. The number of nitrogens with zero attached hydrogens (tertiary/aromatic N) is 6. The van der Waals surface area contributed by atoms with E-state index >= 15 is 0 Å². The van der Waals surface area contributed by atoms with Crippen LogP contribution in [0.4, 0.5) is 0 Å². The smallest absolute Gasteiger partial charge is 0.344 e. The molecule has 1 spiro atoms. The normalized spacial score (nSPS) is 17.1. The molecule has 2 saturated heterocycles. The molecule has 246 valence electrons. The van der Waals surface area contributed by atoms with Gasteiger partial charge in [0.1, 0.15) is 17.4 Å². The second-order valence-corrected chi connectivity index (χ2v) is 12.8. The number of hydrogen-bond donors (Lipinski definition) is 1. The molecule has 2 aliphatic rings. The highest BCUT2D eigenvalue weighted by molar-refractivity contribution is 5.71. The molecule has 0 unspecified atom stereocenters. The lowest BCUT2D eigenvalue weighted by Crippen LogP contribution is -2.45. The van der Waals surface area contributed by atoms with Gasteiger partial charge in [-0.1, -0.05) is 26.0 Å². The summed E-state index contributed by atoms with van der Waals surface area (Å²) in [6.45, 7) is 15.9. The third kappa shape index (κ3) is 9.40. The van der Waals surface area contributed by atoms with Crippen molar-refractivity contribution in [1.29, 1.82) is 0 Å². The molecule has 10 heteroatoms. The number of nitrogens with one attached hydrogen (secondary N) is 1. The van der Waals surface area contributed by atoms with Crippen molar-refractivity contribution in [2.24, 2.45) is 5.41 Å². The second-order valence-electron chi connectivity index (χ2n) is 12.8. The predicted octanol–water partition coefficient (Wildman–Crippen LogP) is 5.12. The molecule has 10 nitrogen and oxygen atoms in total. The highest BCUT2D eigenvalue weighted by Crippen LogP contribution is 2.41. The van der Waals surface area contributed by atoms with Crippen LogP contribution in [0.15, 0.2) is 49.1 Å². The van der Waals surface area contributed by atoms with Crippen LogP contribution in [-0.4, -0.2) is 92.2 Å². The second kappa shape index (κ2) is 16.4. The minimum atomic E-state index is -0.365. The molecule has 2 fully saturated rings. The van der Waals surface area contributed by atoms with Crippen molar-refractivity contribution in [2.75, 3.05) is 45.9 Å². The molecule has 1 N–H and O–H groups in total. The molecule has 2 aliphatic heterocycles. The average Bonchev–Trinajstić information content (AvgIpc) is 3.81. The number of hydrogen-bond acceptors (Lipinski definition) is 8. The number of ether oxygens (including phenoxy) is 2. The van der Waals surface area contributed by atoms with Gasteiger partial charge in [0.15, 0.2) is 6.61 Å². The van der Waals surface area contributed by atoms with Crippen molar-refractivity contribution in [3.8, 4) is 5.75 Å². The molecular weight excluding hydrogens is 566 g/mol. The summed E-state index contributed by atoms with van der Waals surface area (Å²) in [5.41, 5.74) is 1.63. The number of rotatable bonds is 17. The van der Waals surface area contributed by atoms with Crippen LogP contribution >= 0.6 is 0 Å². The van der Waals surface area contributed by atoms with E-state index in [1.807, 2.05) is 30.6 Å². The molecule has 1 aromatic carbocycles. The molecule has 4 heterocycles. The van der Waals surface area contributed by atoms with E-state index in [0.717, 1.165) is 42.8 Å². The van der Waals surface area contributed by atoms with E-state index in [1.54, 1.807) is 13.1 Å². The third-order valence-electron chi connectivity index (χ3n) is 9.77. The number of likely N-dealkylation sites (tertiary alicyclic amines) is 2. The summed E-state index contributed by atoms with van der Waals surface area (Å²) in [6, 6.07) is 8.66. The monoisotopic (exact) mass is 619 g/mol. The van der Waals surface area contributed by atoms with Gasteiger partial charge in [-0.05, 0) is 94.7 Å². The van der Waals surface area contributed by atoms with Crippen LogP contribution in [0.25, 0.3) is 0 Å². The van der Waals surface area contributed by atoms with Crippen LogP contribution in [0.1, 0.15) is 76.5 Å². The van der Waals surface area contributed by atoms with Crippen molar-refractivity contribution in [3.63, 3.8) is 0 Å². The van der Waals surface area contributed by atoms with E-state index in [1.165, 1.54) is 58.3 Å². The standard InChI is InChI=1S/C35H53N7O3/c1-4-30(5-2)41-20-12-35(13-21-41)11-19-39(28-35)17-8-18-42-22-16-38-33(42)26-40(25-32-36-14-15-37-32)24-29-9-7-10-31(23-29)45-27-34(43)44-6-3/h7,9-10,14-16,22-23,30H,4-6,8,11-13,17-21,24-28H2,1-3H3,(H,36,37). The molecular formula is C35H53N7O3. The first-order valence-electron chi connectivity index (χ1n) is 17.0. The van der Waals surface area contributed by atoms with Crippen molar-refractivity contribution in [2.45, 2.75) is 91.5 Å². The van der Waals surface area contributed by atoms with Gasteiger partial charge in [0, 0.05) is 50.5 Å². The number of esters is 1. The van der Waals surface area contributed by atoms with Gasteiger partial charge in [-0.3, -0.25) is 4.90 Å². The van der Waals surface area contributed by atoms with Gasteiger partial charge in [-0.25, -0.2) is 14.8 Å². The number of piperidine rings is 1. The zero-order chi connectivity index (χ0) is 31.5. The summed E-state index contributed by atoms with van der Waals surface area (Å²) >= 11 is 0. The number of benzene rings is 1. The van der Waals surface area contributed by atoms with Crippen molar-refractivity contribution < 1.29 is 14.3 Å². The van der Waals surface area contributed by atoms with E-state index in [-0.39, 0.29) is 12.6 Å². The number of aromatic nitrogens is 4. The fraction of sp³-hybridized carbons (Fsp3) is 0.629. The van der Waals surface area contributed by atoms with Crippen LogP contribution in [0, 0.1) is 5.41 Å². The fourth-order valence-electron chi connectivity index (χ4n) is 7.26. The highest BCUT2D eigenvalue weighted by atomic mass is 16.6. The molecule has 2 aromatic heterocycles. The van der Waals surface area contributed by atoms with Crippen molar-refractivity contribution >= 4 is 5.97 Å². The zero-order valence-corrected chi connectivity index (χ0v) is 27.6. The number of H-pyrrole nitrogens is 1. The molecule has 0 bridgehead atoms. The largest absolute Gasteiger partial charge is 0.482 e. The van der Waals surface area contributed by atoms with Gasteiger partial charge in [0.25, 0.3) is 0 Å². The summed E-state index contributed by atoms with van der Waals surface area (Å²) < 4.78 is 13.0. The maximum absolute atomic E-state index is 11.8. The van der Waals surface area contributed by atoms with Crippen LogP contribution in [0.5, 0.6) is 5.75 Å². The van der Waals surface area contributed by atoms with Gasteiger partial charge < -0.3 is 28.8 Å². The number of aromatic amines is 1. The summed E-state index contributed by atoms with van der Waals surface area (Å²) in [6.07, 6.45) is 15.4. The third-order valence-corrected chi connectivity index (χ3v) is 9.77. The summed E-state index contributed by atoms with van der Waals surface area (Å²) in [4.78, 5) is 32.0. The molecule has 0 atom stereocenters. The summed E-state index contributed by atoms with van der Waals surface area (Å²) in [7, 11) is 0. The Morgan fingerprint density at radius 1 is 1.02 bits per heavy atom. The van der Waals surface area contributed by atoms with Crippen LogP contribution in [0.2, 0.25) is 0 Å². The Morgan fingerprint density at radius 3 is 2.60 bits per heavy atom. The first kappa shape index (κ1) is 33.2. The van der Waals surface area contributed by atoms with Crippen LogP contribution in [0.3, 0.4) is 0 Å². The maximum Gasteiger partial charge on any atom is 0.344 e. The lowest BCUT2D eigenvalue weighted by molar-refractivity contribution is -0.145. The molecule has 0 radical (unpaired) electrons. The Bertz CT molecular complexity index is 1300. The Hall–Kier alpha value is -3.21. The Labute approximate surface area is 269 Å². The highest BCUT2D eigenvalue weighted by Gasteiger charge is 2.40. The topological polar surface area (TPSA) is 91.8 Å². The van der Waals surface area contributed by atoms with E-state index in [2.05, 4.69) is 55.3 Å². The van der Waals surface area contributed by atoms with Crippen molar-refractivity contribution in [3.05, 3.63) is 66.3 Å². The number of aryl methyl sites for hydroxylation is 1. The quantitative estimate of drug-likeness (QED) is 0.208. The first-order chi connectivity index (χ1) is 22.0. The maximum atomic E-state index is 11.8. The van der Waals surface area contributed by atoms with Gasteiger partial charge in [-0.15, -0.1) is 0 Å². The molecule has 45 heavy (non-hydrogen) atoms. The SMILES string of the molecule is CCOC(=O)COc1cccc(CN(Cc2ncc[nH]2)Cc2nccn2CCCN2CCC3(CCN(C(CC)CC)CC3)C2)c1. The fourth-order valence-corrected chi connectivity index (χ4v) is 7.26. The minimum Gasteiger partial charge on any atom is -0.482 e. The van der Waals surface area contributed by atoms with Gasteiger partial charge >= 0.3 is 5.97 Å². The molecule has 0 aliphatic carbocycles. The number of imidazole rings is 2. The van der Waals surface area contributed by atoms with E-state index in [9.17, 15) is 4.79 Å². The number of carbonyl (C=O) groups excluding carboxylic acids is 1. The van der Waals surface area contributed by atoms with E-state index in [4.69, 9.17) is 14.5 Å². The first-order valence-corrected chi connectivity index (χ1v) is 17.0. The lowest BCUT2D eigenvalue weighted by atomic mass is 9.77. The van der Waals surface area contributed by atoms with Gasteiger partial charge in [0.05, 0.1) is 19.7 Å². The Morgan fingerprint density at radius 2 is 1.84 bits per heavy atom.